The van der Waals surface area contributed by atoms with Crippen LogP contribution >= 0.6 is 11.6 Å². The van der Waals surface area contributed by atoms with Crippen LogP contribution in [0.3, 0.4) is 0 Å². The molecule has 0 saturated carbocycles. The summed E-state index contributed by atoms with van der Waals surface area (Å²) in [6, 6.07) is 19.0. The highest BCUT2D eigenvalue weighted by atomic mass is 35.5. The molecule has 1 N–H and O–H groups in total. The lowest BCUT2D eigenvalue weighted by atomic mass is 10.1. The third-order valence-electron chi connectivity index (χ3n) is 3.93. The Morgan fingerprint density at radius 1 is 0.963 bits per heavy atom. The Labute approximate surface area is 159 Å². The van der Waals surface area contributed by atoms with Gasteiger partial charge in [0.1, 0.15) is 6.04 Å². The highest BCUT2D eigenvalue weighted by Crippen LogP contribution is 2.26. The van der Waals surface area contributed by atoms with E-state index in [9.17, 15) is 4.79 Å². The number of aromatic nitrogens is 2. The number of carbonyl (C=O) groups is 1. The van der Waals surface area contributed by atoms with E-state index in [1.807, 2.05) is 30.3 Å². The first-order valence-corrected chi connectivity index (χ1v) is 8.57. The lowest BCUT2D eigenvalue weighted by Crippen LogP contribution is -2.29. The molecule has 0 aliphatic carbocycles. The minimum absolute atomic E-state index is 0.191. The summed E-state index contributed by atoms with van der Waals surface area (Å²) in [5.41, 5.74) is 1.55. The van der Waals surface area contributed by atoms with Crippen LogP contribution < -0.4 is 5.32 Å². The van der Waals surface area contributed by atoms with E-state index < -0.39 is 6.04 Å². The molecule has 4 rings (SSSR count). The molecule has 0 fully saturated rings. The Balaban J connectivity index is 1.68. The number of halogens is 1. The molecular weight excluding hydrogens is 366 g/mol. The lowest BCUT2D eigenvalue weighted by molar-refractivity contribution is 0.0910. The Kier molecular flexibility index (Phi) is 4.72. The number of amides is 1. The van der Waals surface area contributed by atoms with Crippen LogP contribution in [0, 0.1) is 0 Å². The van der Waals surface area contributed by atoms with E-state index in [4.69, 9.17) is 20.4 Å². The molecule has 2 aromatic heterocycles. The molecule has 0 unspecified atom stereocenters. The van der Waals surface area contributed by atoms with Gasteiger partial charge in [-0.15, -0.1) is 10.2 Å². The largest absolute Gasteiger partial charge is 0.459 e. The molecule has 0 aliphatic heterocycles. The molecule has 1 amide bonds. The number of benzene rings is 2. The Bertz CT molecular complexity index is 1030. The first-order chi connectivity index (χ1) is 13.2. The zero-order valence-electron chi connectivity index (χ0n) is 14.0. The maximum Gasteiger partial charge on any atom is 0.287 e. The fraction of sp³-hybridized carbons (Fsp3) is 0.0500. The summed E-state index contributed by atoms with van der Waals surface area (Å²) in [5.74, 6) is 0.434. The number of furan rings is 1. The van der Waals surface area contributed by atoms with Crippen LogP contribution in [-0.4, -0.2) is 16.1 Å². The predicted octanol–water partition coefficient (Wildman–Crippen LogP) is 4.50. The first-order valence-electron chi connectivity index (χ1n) is 8.19. The van der Waals surface area contributed by atoms with Gasteiger partial charge in [-0.05, 0) is 42.0 Å². The smallest absolute Gasteiger partial charge is 0.287 e. The van der Waals surface area contributed by atoms with Crippen molar-refractivity contribution in [3.63, 3.8) is 0 Å². The monoisotopic (exact) mass is 379 g/mol. The molecule has 0 bridgehead atoms. The van der Waals surface area contributed by atoms with Gasteiger partial charge in [0.05, 0.1) is 6.26 Å². The summed E-state index contributed by atoms with van der Waals surface area (Å²) in [4.78, 5) is 12.5. The van der Waals surface area contributed by atoms with Gasteiger partial charge in [-0.2, -0.15) is 0 Å². The third-order valence-corrected chi connectivity index (χ3v) is 4.18. The van der Waals surface area contributed by atoms with Gasteiger partial charge in [0, 0.05) is 10.6 Å². The molecule has 7 heteroatoms. The van der Waals surface area contributed by atoms with Gasteiger partial charge >= 0.3 is 0 Å². The van der Waals surface area contributed by atoms with Crippen molar-refractivity contribution in [1.82, 2.24) is 15.5 Å². The minimum atomic E-state index is -0.648. The van der Waals surface area contributed by atoms with Crippen LogP contribution in [0.25, 0.3) is 11.5 Å². The number of hydrogen-bond acceptors (Lipinski definition) is 5. The summed E-state index contributed by atoms with van der Waals surface area (Å²) in [6.45, 7) is 0. The van der Waals surface area contributed by atoms with Crippen molar-refractivity contribution in [2.24, 2.45) is 0 Å². The summed E-state index contributed by atoms with van der Waals surface area (Å²) in [5, 5.41) is 11.7. The predicted molar refractivity (Wildman–Crippen MR) is 99.2 cm³/mol. The topological polar surface area (TPSA) is 81.2 Å². The number of nitrogens with zero attached hydrogens (tertiary/aromatic N) is 2. The number of rotatable bonds is 5. The molecule has 27 heavy (non-hydrogen) atoms. The van der Waals surface area contributed by atoms with Crippen molar-refractivity contribution in [1.29, 1.82) is 0 Å². The molecule has 2 aromatic carbocycles. The van der Waals surface area contributed by atoms with Gasteiger partial charge in [-0.3, -0.25) is 4.79 Å². The van der Waals surface area contributed by atoms with Crippen molar-refractivity contribution in [2.45, 2.75) is 6.04 Å². The standard InChI is InChI=1S/C20H14ClN3O3/c21-15-10-8-13(9-11-15)17(22-18(25)16-7-4-12-26-16)20-24-23-19(27-20)14-5-2-1-3-6-14/h1-12,17H,(H,22,25)/t17-/m0/s1. The van der Waals surface area contributed by atoms with Crippen molar-refractivity contribution in [2.75, 3.05) is 0 Å². The van der Waals surface area contributed by atoms with Crippen molar-refractivity contribution in [3.8, 4) is 11.5 Å². The maximum absolute atomic E-state index is 12.5. The zero-order valence-corrected chi connectivity index (χ0v) is 14.8. The fourth-order valence-corrected chi connectivity index (χ4v) is 2.73. The summed E-state index contributed by atoms with van der Waals surface area (Å²) < 4.78 is 11.0. The maximum atomic E-state index is 12.5. The van der Waals surface area contributed by atoms with E-state index in [2.05, 4.69) is 15.5 Å². The molecule has 2 heterocycles. The highest BCUT2D eigenvalue weighted by molar-refractivity contribution is 6.30. The van der Waals surface area contributed by atoms with E-state index in [1.54, 1.807) is 36.4 Å². The number of nitrogens with one attached hydrogen (secondary N) is 1. The van der Waals surface area contributed by atoms with Gasteiger partial charge in [0.2, 0.25) is 11.8 Å². The third kappa shape index (κ3) is 3.75. The lowest BCUT2D eigenvalue weighted by Gasteiger charge is -2.15. The molecule has 6 nitrogen and oxygen atoms in total. The molecule has 0 spiro atoms. The van der Waals surface area contributed by atoms with Crippen LogP contribution in [0.1, 0.15) is 28.1 Å². The normalized spacial score (nSPS) is 11.9. The van der Waals surface area contributed by atoms with Gasteiger partial charge in [-0.25, -0.2) is 0 Å². The summed E-state index contributed by atoms with van der Waals surface area (Å²) >= 11 is 5.98. The molecule has 0 saturated heterocycles. The highest BCUT2D eigenvalue weighted by Gasteiger charge is 2.25. The first kappa shape index (κ1) is 17.1. The second-order valence-electron chi connectivity index (χ2n) is 5.75. The zero-order chi connectivity index (χ0) is 18.6. The van der Waals surface area contributed by atoms with E-state index in [0.29, 0.717) is 10.9 Å². The Morgan fingerprint density at radius 3 is 2.44 bits per heavy atom. The quantitative estimate of drug-likeness (QED) is 0.552. The molecule has 0 radical (unpaired) electrons. The number of carbonyl (C=O) groups excluding carboxylic acids is 1. The van der Waals surface area contributed by atoms with Crippen LogP contribution in [0.5, 0.6) is 0 Å². The molecular formula is C20H14ClN3O3. The second-order valence-corrected chi connectivity index (χ2v) is 6.18. The van der Waals surface area contributed by atoms with Crippen LogP contribution in [0.4, 0.5) is 0 Å². The second kappa shape index (κ2) is 7.47. The van der Waals surface area contributed by atoms with E-state index in [0.717, 1.165) is 11.1 Å². The van der Waals surface area contributed by atoms with Gasteiger partial charge in [0.15, 0.2) is 5.76 Å². The average Bonchev–Trinajstić information content (AvgIpc) is 3.40. The van der Waals surface area contributed by atoms with Crippen molar-refractivity contribution < 1.29 is 13.6 Å². The van der Waals surface area contributed by atoms with Gasteiger partial charge in [0.25, 0.3) is 5.91 Å². The van der Waals surface area contributed by atoms with Crippen LogP contribution in [0.15, 0.2) is 81.8 Å². The molecule has 4 aromatic rings. The average molecular weight is 380 g/mol. The van der Waals surface area contributed by atoms with Crippen LogP contribution in [-0.2, 0) is 0 Å². The molecule has 1 atom stereocenters. The van der Waals surface area contributed by atoms with E-state index >= 15 is 0 Å². The van der Waals surface area contributed by atoms with Gasteiger partial charge in [-0.1, -0.05) is 41.9 Å². The van der Waals surface area contributed by atoms with Crippen molar-refractivity contribution in [3.05, 3.63) is 95.2 Å². The van der Waals surface area contributed by atoms with Crippen molar-refractivity contribution >= 4 is 17.5 Å². The van der Waals surface area contributed by atoms with Gasteiger partial charge < -0.3 is 14.2 Å². The Morgan fingerprint density at radius 2 is 1.74 bits per heavy atom. The molecule has 134 valence electrons. The summed E-state index contributed by atoms with van der Waals surface area (Å²) in [7, 11) is 0. The SMILES string of the molecule is O=C(N[C@@H](c1ccc(Cl)cc1)c1nnc(-c2ccccc2)o1)c1ccco1. The minimum Gasteiger partial charge on any atom is -0.459 e. The van der Waals surface area contributed by atoms with E-state index in [-0.39, 0.29) is 17.6 Å². The van der Waals surface area contributed by atoms with E-state index in [1.165, 1.54) is 6.26 Å². The van der Waals surface area contributed by atoms with Crippen LogP contribution in [0.2, 0.25) is 5.02 Å². The number of hydrogen-bond donors (Lipinski definition) is 1. The Hall–Kier alpha value is -3.38. The molecule has 0 aliphatic rings. The fourth-order valence-electron chi connectivity index (χ4n) is 2.60. The summed E-state index contributed by atoms with van der Waals surface area (Å²) in [6.07, 6.45) is 1.44.